The van der Waals surface area contributed by atoms with Gasteiger partial charge in [0.15, 0.2) is 11.6 Å². The summed E-state index contributed by atoms with van der Waals surface area (Å²) < 4.78 is 7.23. The molecule has 3 N–H and O–H groups in total. The minimum absolute atomic E-state index is 0.486. The highest BCUT2D eigenvalue weighted by molar-refractivity contribution is 5.69. The summed E-state index contributed by atoms with van der Waals surface area (Å²) in [5.74, 6) is 3.42. The number of H-pyrrole nitrogens is 1. The van der Waals surface area contributed by atoms with Crippen LogP contribution in [-0.2, 0) is 6.54 Å². The Kier molecular flexibility index (Phi) is 4.08. The highest BCUT2D eigenvalue weighted by atomic mass is 16.5. The molecule has 1 aromatic carbocycles. The topological polar surface area (TPSA) is 92.2 Å². The molecule has 0 spiro atoms. The van der Waals surface area contributed by atoms with E-state index >= 15 is 0 Å². The molecule has 142 valence electrons. The molecule has 0 bridgehead atoms. The average Bonchev–Trinajstić information content (AvgIpc) is 3.28. The van der Waals surface area contributed by atoms with Crippen molar-refractivity contribution in [2.75, 3.05) is 17.7 Å². The second kappa shape index (κ2) is 6.88. The van der Waals surface area contributed by atoms with E-state index in [1.807, 2.05) is 48.7 Å². The van der Waals surface area contributed by atoms with E-state index in [1.54, 1.807) is 11.6 Å². The van der Waals surface area contributed by atoms with Crippen molar-refractivity contribution in [3.8, 4) is 5.75 Å². The van der Waals surface area contributed by atoms with Crippen LogP contribution in [0.5, 0.6) is 5.75 Å². The highest BCUT2D eigenvalue weighted by Crippen LogP contribution is 2.39. The number of aromatic nitrogens is 5. The van der Waals surface area contributed by atoms with E-state index in [-0.39, 0.29) is 0 Å². The first kappa shape index (κ1) is 16.6. The van der Waals surface area contributed by atoms with Crippen LogP contribution < -0.4 is 15.4 Å². The normalized spacial score (nSPS) is 13.6. The molecular weight excluding hydrogens is 354 g/mol. The Morgan fingerprint density at radius 1 is 1.21 bits per heavy atom. The Labute approximate surface area is 162 Å². The SMILES string of the molecule is COc1ccccc1CNc1nc(Nc2cc(C3CC3)[nH]n2)nn2cccc12. The lowest BCUT2D eigenvalue weighted by molar-refractivity contribution is 0.410. The molecule has 4 aromatic rings. The smallest absolute Gasteiger partial charge is 0.248 e. The summed E-state index contributed by atoms with van der Waals surface area (Å²) in [5.41, 5.74) is 3.13. The van der Waals surface area contributed by atoms with Crippen LogP contribution in [0.1, 0.15) is 30.0 Å². The standard InChI is InChI=1S/C20H21N7O/c1-28-17-7-3-2-5-14(17)12-21-19-16-6-4-10-27(16)26-20(23-19)22-18-11-15(24-25-18)13-8-9-13/h2-7,10-11,13H,8-9,12H2,1H3,(H3,21,22,23,24,25,26). The van der Waals surface area contributed by atoms with Gasteiger partial charge in [-0.05, 0) is 31.0 Å². The molecule has 0 unspecified atom stereocenters. The number of ether oxygens (including phenoxy) is 1. The highest BCUT2D eigenvalue weighted by Gasteiger charge is 2.25. The molecule has 0 aliphatic heterocycles. The van der Waals surface area contributed by atoms with Crippen LogP contribution in [0.4, 0.5) is 17.6 Å². The van der Waals surface area contributed by atoms with Crippen LogP contribution in [-0.4, -0.2) is 31.9 Å². The number of anilines is 3. The Morgan fingerprint density at radius 3 is 2.96 bits per heavy atom. The van der Waals surface area contributed by atoms with Crippen molar-refractivity contribution < 1.29 is 4.74 Å². The molecule has 5 rings (SSSR count). The van der Waals surface area contributed by atoms with E-state index < -0.39 is 0 Å². The van der Waals surface area contributed by atoms with Crippen LogP contribution in [0.3, 0.4) is 0 Å². The van der Waals surface area contributed by atoms with Crippen molar-refractivity contribution in [3.63, 3.8) is 0 Å². The van der Waals surface area contributed by atoms with Crippen LogP contribution >= 0.6 is 0 Å². The number of methoxy groups -OCH3 is 1. The van der Waals surface area contributed by atoms with Gasteiger partial charge >= 0.3 is 0 Å². The van der Waals surface area contributed by atoms with E-state index in [0.29, 0.717) is 18.4 Å². The molecule has 0 amide bonds. The van der Waals surface area contributed by atoms with E-state index in [1.165, 1.54) is 18.5 Å². The van der Waals surface area contributed by atoms with Gasteiger partial charge in [0, 0.05) is 36.0 Å². The number of fused-ring (bicyclic) bond motifs is 1. The molecule has 0 radical (unpaired) electrons. The minimum atomic E-state index is 0.486. The predicted molar refractivity (Wildman–Crippen MR) is 107 cm³/mol. The van der Waals surface area contributed by atoms with Crippen molar-refractivity contribution in [3.05, 3.63) is 59.9 Å². The second-order valence-electron chi connectivity index (χ2n) is 6.90. The molecule has 1 aliphatic rings. The van der Waals surface area contributed by atoms with Gasteiger partial charge in [-0.25, -0.2) is 4.52 Å². The van der Waals surface area contributed by atoms with Gasteiger partial charge in [-0.1, -0.05) is 18.2 Å². The lowest BCUT2D eigenvalue weighted by atomic mass is 10.2. The molecular formula is C20H21N7O. The summed E-state index contributed by atoms with van der Waals surface area (Å²) >= 11 is 0. The maximum atomic E-state index is 5.43. The number of aromatic amines is 1. The van der Waals surface area contributed by atoms with Gasteiger partial charge in [0.25, 0.3) is 0 Å². The van der Waals surface area contributed by atoms with Crippen molar-refractivity contribution in [1.82, 2.24) is 24.8 Å². The zero-order chi connectivity index (χ0) is 18.9. The van der Waals surface area contributed by atoms with Crippen molar-refractivity contribution in [2.24, 2.45) is 0 Å². The second-order valence-corrected chi connectivity index (χ2v) is 6.90. The van der Waals surface area contributed by atoms with E-state index in [2.05, 4.69) is 30.9 Å². The summed E-state index contributed by atoms with van der Waals surface area (Å²) in [4.78, 5) is 4.66. The van der Waals surface area contributed by atoms with E-state index in [4.69, 9.17) is 4.74 Å². The molecule has 1 saturated carbocycles. The molecule has 28 heavy (non-hydrogen) atoms. The van der Waals surface area contributed by atoms with Crippen LogP contribution in [0.15, 0.2) is 48.7 Å². The van der Waals surface area contributed by atoms with Gasteiger partial charge in [-0.2, -0.15) is 10.1 Å². The van der Waals surface area contributed by atoms with E-state index in [0.717, 1.165) is 28.5 Å². The number of para-hydroxylation sites is 1. The molecule has 1 fully saturated rings. The van der Waals surface area contributed by atoms with Gasteiger partial charge < -0.3 is 15.4 Å². The molecule has 8 nitrogen and oxygen atoms in total. The average molecular weight is 375 g/mol. The summed E-state index contributed by atoms with van der Waals surface area (Å²) in [5, 5.41) is 18.5. The summed E-state index contributed by atoms with van der Waals surface area (Å²) in [6.45, 7) is 0.593. The molecule has 1 aliphatic carbocycles. The number of hydrogen-bond donors (Lipinski definition) is 3. The van der Waals surface area contributed by atoms with Crippen LogP contribution in [0.2, 0.25) is 0 Å². The minimum Gasteiger partial charge on any atom is -0.496 e. The first-order valence-corrected chi connectivity index (χ1v) is 9.33. The fourth-order valence-electron chi connectivity index (χ4n) is 3.26. The van der Waals surface area contributed by atoms with Crippen LogP contribution in [0.25, 0.3) is 5.52 Å². The Balaban J connectivity index is 1.40. The Hall–Kier alpha value is -3.55. The largest absolute Gasteiger partial charge is 0.496 e. The van der Waals surface area contributed by atoms with Crippen LogP contribution in [0, 0.1) is 0 Å². The molecule has 8 heteroatoms. The number of nitrogens with zero attached hydrogens (tertiary/aromatic N) is 4. The number of nitrogens with one attached hydrogen (secondary N) is 3. The Morgan fingerprint density at radius 2 is 2.11 bits per heavy atom. The lowest BCUT2D eigenvalue weighted by Crippen LogP contribution is -2.09. The number of rotatable bonds is 7. The van der Waals surface area contributed by atoms with Gasteiger partial charge in [0.2, 0.25) is 5.95 Å². The van der Waals surface area contributed by atoms with Gasteiger partial charge in [-0.3, -0.25) is 5.10 Å². The van der Waals surface area contributed by atoms with Gasteiger partial charge in [0.1, 0.15) is 11.3 Å². The zero-order valence-corrected chi connectivity index (χ0v) is 15.5. The first-order valence-electron chi connectivity index (χ1n) is 9.33. The third kappa shape index (κ3) is 3.24. The zero-order valence-electron chi connectivity index (χ0n) is 15.5. The third-order valence-electron chi connectivity index (χ3n) is 4.88. The quantitative estimate of drug-likeness (QED) is 0.456. The molecule has 3 aromatic heterocycles. The fourth-order valence-corrected chi connectivity index (χ4v) is 3.26. The number of benzene rings is 1. The molecule has 3 heterocycles. The summed E-state index contributed by atoms with van der Waals surface area (Å²) in [7, 11) is 1.68. The summed E-state index contributed by atoms with van der Waals surface area (Å²) in [6.07, 6.45) is 4.35. The van der Waals surface area contributed by atoms with E-state index in [9.17, 15) is 0 Å². The third-order valence-corrected chi connectivity index (χ3v) is 4.88. The van der Waals surface area contributed by atoms with Gasteiger partial charge in [0.05, 0.1) is 7.11 Å². The van der Waals surface area contributed by atoms with Crippen molar-refractivity contribution in [2.45, 2.75) is 25.3 Å². The lowest BCUT2D eigenvalue weighted by Gasteiger charge is -2.12. The maximum absolute atomic E-state index is 5.43. The summed E-state index contributed by atoms with van der Waals surface area (Å²) in [6, 6.07) is 13.9. The predicted octanol–water partition coefficient (Wildman–Crippen LogP) is 3.69. The molecule has 0 saturated heterocycles. The van der Waals surface area contributed by atoms with Crippen molar-refractivity contribution >= 4 is 23.1 Å². The first-order chi connectivity index (χ1) is 13.8. The van der Waals surface area contributed by atoms with Crippen molar-refractivity contribution in [1.29, 1.82) is 0 Å². The fraction of sp³-hybridized carbons (Fsp3) is 0.250. The Bertz CT molecular complexity index is 1110. The molecule has 0 atom stereocenters. The number of hydrogen-bond acceptors (Lipinski definition) is 6. The monoisotopic (exact) mass is 375 g/mol. The van der Waals surface area contributed by atoms with Gasteiger partial charge in [-0.15, -0.1) is 5.10 Å². The maximum Gasteiger partial charge on any atom is 0.248 e.